The van der Waals surface area contributed by atoms with Crippen LogP contribution >= 0.6 is 23.2 Å². The molecule has 0 amide bonds. The Labute approximate surface area is 124 Å². The number of hydrogen-bond acceptors (Lipinski definition) is 4. The molecule has 0 unspecified atom stereocenters. The molecule has 0 spiro atoms. The summed E-state index contributed by atoms with van der Waals surface area (Å²) < 4.78 is 41.3. The number of hydrogen-bond donors (Lipinski definition) is 1. The quantitative estimate of drug-likeness (QED) is 0.672. The largest absolute Gasteiger partial charge is 0.462 e. The van der Waals surface area contributed by atoms with Gasteiger partial charge in [-0.25, -0.2) is 22.7 Å². The average Bonchev–Trinajstić information content (AvgIpc) is 3.13. The van der Waals surface area contributed by atoms with Gasteiger partial charge in [-0.3, -0.25) is 0 Å². The summed E-state index contributed by atoms with van der Waals surface area (Å²) in [5.74, 6) is -1.73. The molecule has 1 aromatic carbocycles. The van der Waals surface area contributed by atoms with E-state index in [9.17, 15) is 17.6 Å². The molecule has 9 heteroatoms. The van der Waals surface area contributed by atoms with Crippen LogP contribution in [0, 0.1) is 11.7 Å². The molecular formula is C11H10Cl2FNO4S. The highest BCUT2D eigenvalue weighted by molar-refractivity contribution is 7.89. The highest BCUT2D eigenvalue weighted by Gasteiger charge is 2.29. The molecule has 1 aliphatic carbocycles. The second kappa shape index (κ2) is 5.48. The van der Waals surface area contributed by atoms with Crippen molar-refractivity contribution in [2.75, 3.05) is 6.61 Å². The van der Waals surface area contributed by atoms with Crippen molar-refractivity contribution in [3.63, 3.8) is 0 Å². The number of halogens is 3. The van der Waals surface area contributed by atoms with E-state index in [1.165, 1.54) is 0 Å². The van der Waals surface area contributed by atoms with Gasteiger partial charge in [-0.05, 0) is 24.8 Å². The van der Waals surface area contributed by atoms with Gasteiger partial charge in [0.05, 0.1) is 22.2 Å². The normalized spacial score (nSPS) is 15.2. The first kappa shape index (κ1) is 15.5. The van der Waals surface area contributed by atoms with Gasteiger partial charge in [0.15, 0.2) is 0 Å². The van der Waals surface area contributed by atoms with E-state index in [1.54, 1.807) is 0 Å². The lowest BCUT2D eigenvalue weighted by atomic mass is 10.2. The monoisotopic (exact) mass is 341 g/mol. The summed E-state index contributed by atoms with van der Waals surface area (Å²) in [6.07, 6.45) is 1.91. The molecule has 1 aromatic rings. The third-order valence-electron chi connectivity index (χ3n) is 2.77. The molecule has 20 heavy (non-hydrogen) atoms. The number of ether oxygens (including phenoxy) is 1. The molecule has 2 rings (SSSR count). The molecule has 1 saturated carbocycles. The van der Waals surface area contributed by atoms with Crippen LogP contribution in [0.4, 0.5) is 4.39 Å². The minimum Gasteiger partial charge on any atom is -0.462 e. The first-order valence-electron chi connectivity index (χ1n) is 5.59. The van der Waals surface area contributed by atoms with Gasteiger partial charge in [0, 0.05) is 0 Å². The molecule has 5 nitrogen and oxygen atoms in total. The van der Waals surface area contributed by atoms with E-state index < -0.39 is 42.3 Å². The van der Waals surface area contributed by atoms with Gasteiger partial charge in [-0.15, -0.1) is 0 Å². The fourth-order valence-electron chi connectivity index (χ4n) is 1.53. The highest BCUT2D eigenvalue weighted by atomic mass is 35.5. The SMILES string of the molecule is NS(=O)(=O)c1c(Cl)c(F)cc(C(=O)OCC2CC2)c1Cl. The van der Waals surface area contributed by atoms with Crippen LogP contribution in [0.25, 0.3) is 0 Å². The van der Waals surface area contributed by atoms with Crippen LogP contribution in [0.5, 0.6) is 0 Å². The van der Waals surface area contributed by atoms with E-state index in [4.69, 9.17) is 33.1 Å². The Hall–Kier alpha value is -0.890. The Morgan fingerprint density at radius 3 is 2.50 bits per heavy atom. The Morgan fingerprint density at radius 2 is 2.00 bits per heavy atom. The molecule has 0 heterocycles. The zero-order valence-electron chi connectivity index (χ0n) is 10.0. The molecule has 0 bridgehead atoms. The fraction of sp³-hybridized carbons (Fsp3) is 0.364. The van der Waals surface area contributed by atoms with Gasteiger partial charge >= 0.3 is 5.97 Å². The van der Waals surface area contributed by atoms with Crippen LogP contribution < -0.4 is 5.14 Å². The zero-order valence-corrected chi connectivity index (χ0v) is 12.4. The minimum atomic E-state index is -4.37. The molecule has 1 fully saturated rings. The Kier molecular flexibility index (Phi) is 4.24. The van der Waals surface area contributed by atoms with Gasteiger partial charge in [-0.2, -0.15) is 0 Å². The van der Waals surface area contributed by atoms with E-state index in [2.05, 4.69) is 0 Å². The summed E-state index contributed by atoms with van der Waals surface area (Å²) in [7, 11) is -4.37. The second-order valence-corrected chi connectivity index (χ2v) is 6.70. The van der Waals surface area contributed by atoms with Gasteiger partial charge in [-0.1, -0.05) is 23.2 Å². The molecule has 110 valence electrons. The van der Waals surface area contributed by atoms with Crippen molar-refractivity contribution in [2.24, 2.45) is 11.1 Å². The third-order valence-corrected chi connectivity index (χ3v) is 4.73. The topological polar surface area (TPSA) is 86.5 Å². The highest BCUT2D eigenvalue weighted by Crippen LogP contribution is 2.35. The number of primary sulfonamides is 1. The molecular weight excluding hydrogens is 332 g/mol. The van der Waals surface area contributed by atoms with Crippen LogP contribution in [0.15, 0.2) is 11.0 Å². The summed E-state index contributed by atoms with van der Waals surface area (Å²) in [5.41, 5.74) is -0.418. The standard InChI is InChI=1S/C11H10Cl2FNO4S/c12-8-6(11(16)19-4-5-1-2-5)3-7(14)9(13)10(8)20(15,17)18/h3,5H,1-2,4H2,(H2,15,17,18). The van der Waals surface area contributed by atoms with E-state index in [0.29, 0.717) is 5.92 Å². The van der Waals surface area contributed by atoms with E-state index >= 15 is 0 Å². The van der Waals surface area contributed by atoms with E-state index in [0.717, 1.165) is 18.9 Å². The minimum absolute atomic E-state index is 0.185. The molecule has 0 radical (unpaired) electrons. The predicted molar refractivity (Wildman–Crippen MR) is 70.8 cm³/mol. The van der Waals surface area contributed by atoms with Crippen molar-refractivity contribution in [1.82, 2.24) is 0 Å². The smallest absolute Gasteiger partial charge is 0.339 e. The van der Waals surface area contributed by atoms with Crippen LogP contribution in [-0.2, 0) is 14.8 Å². The number of esters is 1. The third kappa shape index (κ3) is 3.22. The molecule has 2 N–H and O–H groups in total. The molecule has 0 atom stereocenters. The van der Waals surface area contributed by atoms with Gasteiger partial charge in [0.1, 0.15) is 10.7 Å². The van der Waals surface area contributed by atoms with Gasteiger partial charge in [0.25, 0.3) is 0 Å². The maximum absolute atomic E-state index is 13.6. The molecule has 0 aliphatic heterocycles. The predicted octanol–water partition coefficient (Wildman–Crippen LogP) is 2.35. The fourth-order valence-corrected chi connectivity index (χ4v) is 3.31. The number of carbonyl (C=O) groups is 1. The lowest BCUT2D eigenvalue weighted by Gasteiger charge is -2.10. The second-order valence-electron chi connectivity index (χ2n) is 4.45. The summed E-state index contributed by atoms with van der Waals surface area (Å²) in [5, 5.41) is 3.62. The number of sulfonamides is 1. The Bertz CT molecular complexity index is 673. The lowest BCUT2D eigenvalue weighted by Crippen LogP contribution is -2.17. The van der Waals surface area contributed by atoms with Crippen molar-refractivity contribution in [3.05, 3.63) is 27.5 Å². The maximum atomic E-state index is 13.6. The number of rotatable bonds is 4. The van der Waals surface area contributed by atoms with Crippen LogP contribution in [0.1, 0.15) is 23.2 Å². The Balaban J connectivity index is 2.43. The summed E-state index contributed by atoms with van der Waals surface area (Å²) in [6.45, 7) is 0.185. The van der Waals surface area contributed by atoms with Crippen LogP contribution in [0.3, 0.4) is 0 Å². The maximum Gasteiger partial charge on any atom is 0.339 e. The van der Waals surface area contributed by atoms with Crippen molar-refractivity contribution in [2.45, 2.75) is 17.7 Å². The molecule has 1 aliphatic rings. The first-order chi connectivity index (χ1) is 9.21. The van der Waals surface area contributed by atoms with Crippen LogP contribution in [-0.4, -0.2) is 21.0 Å². The summed E-state index contributed by atoms with van der Waals surface area (Å²) in [6, 6.07) is 0.731. The number of nitrogens with two attached hydrogens (primary N) is 1. The van der Waals surface area contributed by atoms with Crippen molar-refractivity contribution >= 4 is 39.2 Å². The van der Waals surface area contributed by atoms with E-state index in [1.807, 2.05) is 0 Å². The van der Waals surface area contributed by atoms with Crippen molar-refractivity contribution < 1.29 is 22.3 Å². The lowest BCUT2D eigenvalue weighted by molar-refractivity contribution is 0.0485. The van der Waals surface area contributed by atoms with Gasteiger partial charge in [0.2, 0.25) is 10.0 Å². The average molecular weight is 342 g/mol. The number of carbonyl (C=O) groups excluding carboxylic acids is 1. The molecule has 0 saturated heterocycles. The summed E-state index contributed by atoms with van der Waals surface area (Å²) >= 11 is 11.3. The van der Waals surface area contributed by atoms with Gasteiger partial charge < -0.3 is 4.74 Å². The number of benzene rings is 1. The summed E-state index contributed by atoms with van der Waals surface area (Å²) in [4.78, 5) is 11.0. The van der Waals surface area contributed by atoms with Crippen molar-refractivity contribution in [3.8, 4) is 0 Å². The Morgan fingerprint density at radius 1 is 1.40 bits per heavy atom. The van der Waals surface area contributed by atoms with E-state index in [-0.39, 0.29) is 6.61 Å². The van der Waals surface area contributed by atoms with Crippen LogP contribution in [0.2, 0.25) is 10.0 Å². The zero-order chi connectivity index (χ0) is 15.1. The first-order valence-corrected chi connectivity index (χ1v) is 7.89. The molecule has 0 aromatic heterocycles. The van der Waals surface area contributed by atoms with Crippen molar-refractivity contribution in [1.29, 1.82) is 0 Å².